The number of nitrogens with zero attached hydrogens (tertiary/aromatic N) is 2. The minimum Gasteiger partial charge on any atom is -0.484 e. The lowest BCUT2D eigenvalue weighted by Gasteiger charge is -2.41. The second kappa shape index (κ2) is 9.22. The Morgan fingerprint density at radius 2 is 1.93 bits per heavy atom. The first-order valence-corrected chi connectivity index (χ1v) is 10.1. The Bertz CT molecular complexity index is 635. The molecule has 3 unspecified atom stereocenters. The van der Waals surface area contributed by atoms with Gasteiger partial charge in [0.15, 0.2) is 6.61 Å². The number of piperidine rings is 2. The molecule has 2 saturated heterocycles. The number of amides is 2. The van der Waals surface area contributed by atoms with Crippen molar-refractivity contribution in [3.8, 4) is 5.75 Å². The van der Waals surface area contributed by atoms with Crippen LogP contribution in [0.5, 0.6) is 5.75 Å². The summed E-state index contributed by atoms with van der Waals surface area (Å²) in [6.07, 6.45) is 4.83. The molecular formula is C21H31N3O3. The number of benzene rings is 1. The fourth-order valence-corrected chi connectivity index (χ4v) is 4.17. The zero-order valence-electron chi connectivity index (χ0n) is 16.2. The number of nitrogens with two attached hydrogens (primary N) is 1. The van der Waals surface area contributed by atoms with E-state index < -0.39 is 0 Å². The van der Waals surface area contributed by atoms with Crippen LogP contribution >= 0.6 is 0 Å². The molecule has 3 atom stereocenters. The zero-order chi connectivity index (χ0) is 19.2. The van der Waals surface area contributed by atoms with Crippen molar-refractivity contribution in [2.45, 2.75) is 51.1 Å². The van der Waals surface area contributed by atoms with E-state index in [0.717, 1.165) is 38.6 Å². The normalized spacial score (nSPS) is 24.4. The van der Waals surface area contributed by atoms with Crippen molar-refractivity contribution in [1.82, 2.24) is 9.80 Å². The largest absolute Gasteiger partial charge is 0.484 e. The minimum atomic E-state index is -0.126. The van der Waals surface area contributed by atoms with Crippen LogP contribution in [0.25, 0.3) is 0 Å². The molecule has 0 radical (unpaired) electrons. The van der Waals surface area contributed by atoms with Crippen molar-refractivity contribution < 1.29 is 14.3 Å². The van der Waals surface area contributed by atoms with Crippen LogP contribution in [0.2, 0.25) is 0 Å². The lowest BCUT2D eigenvalue weighted by Crippen LogP contribution is -2.55. The average molecular weight is 373 g/mol. The number of hydrogen-bond acceptors (Lipinski definition) is 4. The van der Waals surface area contributed by atoms with Gasteiger partial charge in [-0.3, -0.25) is 9.59 Å². The molecule has 0 bridgehead atoms. The highest BCUT2D eigenvalue weighted by Crippen LogP contribution is 2.25. The Morgan fingerprint density at radius 1 is 1.15 bits per heavy atom. The van der Waals surface area contributed by atoms with E-state index in [1.54, 1.807) is 4.90 Å². The van der Waals surface area contributed by atoms with E-state index in [2.05, 4.69) is 0 Å². The molecule has 1 aromatic rings. The van der Waals surface area contributed by atoms with E-state index in [1.807, 2.05) is 42.2 Å². The van der Waals surface area contributed by atoms with Crippen LogP contribution < -0.4 is 10.5 Å². The summed E-state index contributed by atoms with van der Waals surface area (Å²) in [7, 11) is 0. The molecule has 2 N–H and O–H groups in total. The second-order valence-corrected chi connectivity index (χ2v) is 7.73. The first kappa shape index (κ1) is 19.7. The maximum Gasteiger partial charge on any atom is 0.260 e. The van der Waals surface area contributed by atoms with Gasteiger partial charge in [0.25, 0.3) is 5.91 Å². The minimum absolute atomic E-state index is 0.0110. The molecule has 3 rings (SSSR count). The lowest BCUT2D eigenvalue weighted by molar-refractivity contribution is -0.144. The van der Waals surface area contributed by atoms with E-state index in [9.17, 15) is 9.59 Å². The van der Waals surface area contributed by atoms with Crippen molar-refractivity contribution in [2.24, 2.45) is 11.7 Å². The van der Waals surface area contributed by atoms with E-state index in [-0.39, 0.29) is 36.4 Å². The average Bonchev–Trinajstić information content (AvgIpc) is 2.72. The van der Waals surface area contributed by atoms with Crippen LogP contribution in [-0.4, -0.2) is 59.9 Å². The molecule has 6 heteroatoms. The molecule has 27 heavy (non-hydrogen) atoms. The Labute approximate surface area is 161 Å². The van der Waals surface area contributed by atoms with Crippen molar-refractivity contribution in [2.75, 3.05) is 26.2 Å². The molecule has 2 amide bonds. The number of carbonyl (C=O) groups excluding carboxylic acids is 2. The number of carbonyl (C=O) groups is 2. The Morgan fingerprint density at radius 3 is 2.67 bits per heavy atom. The van der Waals surface area contributed by atoms with Crippen LogP contribution in [0.3, 0.4) is 0 Å². The summed E-state index contributed by atoms with van der Waals surface area (Å²) in [5.41, 5.74) is 6.12. The third-order valence-corrected chi connectivity index (χ3v) is 5.67. The molecule has 6 nitrogen and oxygen atoms in total. The molecule has 2 aliphatic heterocycles. The van der Waals surface area contributed by atoms with Crippen LogP contribution in [-0.2, 0) is 9.59 Å². The topological polar surface area (TPSA) is 75.9 Å². The molecule has 2 fully saturated rings. The highest BCUT2D eigenvalue weighted by Gasteiger charge is 2.36. The van der Waals surface area contributed by atoms with Gasteiger partial charge in [-0.05, 0) is 51.2 Å². The highest BCUT2D eigenvalue weighted by molar-refractivity contribution is 5.82. The predicted octanol–water partition coefficient (Wildman–Crippen LogP) is 2.03. The number of likely N-dealkylation sites (tertiary alicyclic amines) is 2. The Kier molecular flexibility index (Phi) is 6.72. The molecule has 1 aromatic carbocycles. The molecule has 0 aromatic heterocycles. The fourth-order valence-electron chi connectivity index (χ4n) is 4.17. The van der Waals surface area contributed by atoms with E-state index in [1.165, 1.54) is 0 Å². The quantitative estimate of drug-likeness (QED) is 0.857. The van der Waals surface area contributed by atoms with Crippen LogP contribution in [0.1, 0.15) is 39.0 Å². The van der Waals surface area contributed by atoms with Crippen LogP contribution in [0.15, 0.2) is 30.3 Å². The second-order valence-electron chi connectivity index (χ2n) is 7.73. The Balaban J connectivity index is 1.56. The van der Waals surface area contributed by atoms with Crippen LogP contribution in [0, 0.1) is 5.92 Å². The summed E-state index contributed by atoms with van der Waals surface area (Å²) >= 11 is 0. The maximum atomic E-state index is 13.1. The summed E-state index contributed by atoms with van der Waals surface area (Å²) in [4.78, 5) is 29.4. The molecule has 0 aliphatic carbocycles. The van der Waals surface area contributed by atoms with E-state index >= 15 is 0 Å². The zero-order valence-corrected chi connectivity index (χ0v) is 16.2. The van der Waals surface area contributed by atoms with Gasteiger partial charge in [-0.25, -0.2) is 0 Å². The van der Waals surface area contributed by atoms with Gasteiger partial charge in [-0.2, -0.15) is 0 Å². The van der Waals surface area contributed by atoms with Crippen molar-refractivity contribution in [3.05, 3.63) is 30.3 Å². The highest BCUT2D eigenvalue weighted by atomic mass is 16.5. The number of para-hydroxylation sites is 1. The fraction of sp³-hybridized carbons (Fsp3) is 0.619. The van der Waals surface area contributed by atoms with Crippen molar-refractivity contribution in [1.29, 1.82) is 0 Å². The van der Waals surface area contributed by atoms with Gasteiger partial charge in [-0.15, -0.1) is 0 Å². The third-order valence-electron chi connectivity index (χ3n) is 5.67. The third kappa shape index (κ3) is 5.01. The van der Waals surface area contributed by atoms with Gasteiger partial charge in [0, 0.05) is 31.7 Å². The smallest absolute Gasteiger partial charge is 0.260 e. The molecular weight excluding hydrogens is 342 g/mol. The maximum absolute atomic E-state index is 13.1. The first-order chi connectivity index (χ1) is 13.1. The van der Waals surface area contributed by atoms with Gasteiger partial charge in [0.05, 0.1) is 5.92 Å². The SMILES string of the molecule is CC(N)C1CCCCN1C(=O)C1CCCN(C(=O)COc2ccccc2)C1. The molecule has 0 saturated carbocycles. The predicted molar refractivity (Wildman–Crippen MR) is 104 cm³/mol. The molecule has 2 heterocycles. The summed E-state index contributed by atoms with van der Waals surface area (Å²) in [6.45, 7) is 3.95. The van der Waals surface area contributed by atoms with Crippen LogP contribution in [0.4, 0.5) is 0 Å². The number of hydrogen-bond donors (Lipinski definition) is 1. The van der Waals surface area contributed by atoms with Gasteiger partial charge < -0.3 is 20.3 Å². The van der Waals surface area contributed by atoms with Gasteiger partial charge in [-0.1, -0.05) is 18.2 Å². The van der Waals surface area contributed by atoms with Crippen molar-refractivity contribution >= 4 is 11.8 Å². The molecule has 0 spiro atoms. The summed E-state index contributed by atoms with van der Waals surface area (Å²) in [5, 5.41) is 0. The van der Waals surface area contributed by atoms with Gasteiger partial charge >= 0.3 is 0 Å². The van der Waals surface area contributed by atoms with E-state index in [0.29, 0.717) is 18.8 Å². The first-order valence-electron chi connectivity index (χ1n) is 10.1. The summed E-state index contributed by atoms with van der Waals surface area (Å²) in [5.74, 6) is 0.666. The number of rotatable bonds is 5. The number of ether oxygens (including phenoxy) is 1. The van der Waals surface area contributed by atoms with Gasteiger partial charge in [0.1, 0.15) is 5.75 Å². The van der Waals surface area contributed by atoms with Crippen molar-refractivity contribution in [3.63, 3.8) is 0 Å². The summed E-state index contributed by atoms with van der Waals surface area (Å²) < 4.78 is 5.58. The van der Waals surface area contributed by atoms with E-state index in [4.69, 9.17) is 10.5 Å². The molecule has 2 aliphatic rings. The standard InChI is InChI=1S/C21H31N3O3/c1-16(22)19-11-5-6-13-24(19)21(26)17-8-7-12-23(14-17)20(25)15-27-18-9-3-2-4-10-18/h2-4,9-10,16-17,19H,5-8,11-15,22H2,1H3. The summed E-state index contributed by atoms with van der Waals surface area (Å²) in [6, 6.07) is 9.44. The monoisotopic (exact) mass is 373 g/mol. The Hall–Kier alpha value is -2.08. The lowest BCUT2D eigenvalue weighted by atomic mass is 9.91. The van der Waals surface area contributed by atoms with Gasteiger partial charge in [0.2, 0.25) is 5.91 Å². The molecule has 148 valence electrons.